The van der Waals surface area contributed by atoms with Crippen molar-refractivity contribution in [2.24, 2.45) is 4.74 Å². The molecule has 0 fully saturated rings. The van der Waals surface area contributed by atoms with E-state index in [0.29, 0.717) is 24.3 Å². The number of carboxylic acid groups (broad SMARTS) is 2. The van der Waals surface area contributed by atoms with Gasteiger partial charge in [-0.2, -0.15) is 0 Å². The van der Waals surface area contributed by atoms with Crippen LogP contribution in [0.2, 0.25) is 0 Å². The Kier molecular flexibility index (Phi) is 11.5. The second-order valence-electron chi connectivity index (χ2n) is 6.26. The fourth-order valence-corrected chi connectivity index (χ4v) is 3.65. The van der Waals surface area contributed by atoms with E-state index < -0.39 is 19.4 Å². The molecule has 2 aromatic carbocycles. The molecule has 0 spiro atoms. The first-order valence-electron chi connectivity index (χ1n) is 8.78. The Labute approximate surface area is 178 Å². The summed E-state index contributed by atoms with van der Waals surface area (Å²) in [6.07, 6.45) is 1.09. The van der Waals surface area contributed by atoms with Crippen molar-refractivity contribution in [1.29, 1.82) is 0 Å². The SMILES string of the molecule is C.C.CN=P(C)(Oc1ccc(CCC(=O)O)cc1)Oc1ccc(CCC(=O)O)cc1. The Hall–Kier alpha value is -2.79. The fraction of sp³-hybridized carbons (Fsp3) is 0.364. The quantitative estimate of drug-likeness (QED) is 0.459. The Morgan fingerprint density at radius 3 is 1.40 bits per heavy atom. The molecule has 7 nitrogen and oxygen atoms in total. The van der Waals surface area contributed by atoms with Crippen molar-refractivity contribution in [3.8, 4) is 11.5 Å². The predicted molar refractivity (Wildman–Crippen MR) is 121 cm³/mol. The molecule has 30 heavy (non-hydrogen) atoms. The minimum Gasteiger partial charge on any atom is -0.481 e. The first-order chi connectivity index (χ1) is 13.3. The molecule has 0 saturated carbocycles. The van der Waals surface area contributed by atoms with Crippen LogP contribution in [0.4, 0.5) is 0 Å². The number of aliphatic carboxylic acids is 2. The summed E-state index contributed by atoms with van der Waals surface area (Å²) in [6.45, 7) is 1.80. The Morgan fingerprint density at radius 1 is 0.800 bits per heavy atom. The maximum atomic E-state index is 10.7. The fourth-order valence-electron chi connectivity index (χ4n) is 2.43. The van der Waals surface area contributed by atoms with E-state index >= 15 is 0 Å². The first kappa shape index (κ1) is 27.2. The van der Waals surface area contributed by atoms with Crippen LogP contribution < -0.4 is 9.05 Å². The molecule has 2 aromatic rings. The van der Waals surface area contributed by atoms with Crippen molar-refractivity contribution in [2.45, 2.75) is 40.5 Å². The van der Waals surface area contributed by atoms with Gasteiger partial charge >= 0.3 is 19.4 Å². The van der Waals surface area contributed by atoms with Crippen LogP contribution in [0, 0.1) is 0 Å². The molecular formula is C22H32NO6P. The number of benzene rings is 2. The third kappa shape index (κ3) is 9.14. The van der Waals surface area contributed by atoms with E-state index in [0.717, 1.165) is 11.1 Å². The van der Waals surface area contributed by atoms with Gasteiger partial charge in [0.1, 0.15) is 11.5 Å². The molecule has 0 aliphatic rings. The van der Waals surface area contributed by atoms with Gasteiger partial charge in [-0.05, 0) is 48.2 Å². The lowest BCUT2D eigenvalue weighted by molar-refractivity contribution is -0.138. The lowest BCUT2D eigenvalue weighted by atomic mass is 10.1. The van der Waals surface area contributed by atoms with Gasteiger partial charge in [0.05, 0.1) is 0 Å². The average molecular weight is 437 g/mol. The highest BCUT2D eigenvalue weighted by molar-refractivity contribution is 7.56. The summed E-state index contributed by atoms with van der Waals surface area (Å²) in [4.78, 5) is 21.3. The summed E-state index contributed by atoms with van der Waals surface area (Å²) < 4.78 is 16.2. The number of rotatable bonds is 10. The number of nitrogens with zero attached hydrogens (tertiary/aromatic N) is 1. The molecule has 2 rings (SSSR count). The van der Waals surface area contributed by atoms with Crippen LogP contribution in [-0.4, -0.2) is 35.9 Å². The van der Waals surface area contributed by atoms with Crippen LogP contribution in [-0.2, 0) is 22.4 Å². The monoisotopic (exact) mass is 437 g/mol. The molecule has 2 N–H and O–H groups in total. The molecule has 0 bridgehead atoms. The van der Waals surface area contributed by atoms with Crippen molar-refractivity contribution in [1.82, 2.24) is 0 Å². The molecule has 0 aliphatic heterocycles. The minimum atomic E-state index is -2.55. The Morgan fingerprint density at radius 2 is 1.13 bits per heavy atom. The molecule has 166 valence electrons. The van der Waals surface area contributed by atoms with E-state index in [2.05, 4.69) is 4.74 Å². The maximum absolute atomic E-state index is 10.7. The average Bonchev–Trinajstić information content (AvgIpc) is 2.67. The van der Waals surface area contributed by atoms with Crippen molar-refractivity contribution in [2.75, 3.05) is 13.7 Å². The summed E-state index contributed by atoms with van der Waals surface area (Å²) in [5, 5.41) is 17.5. The summed E-state index contributed by atoms with van der Waals surface area (Å²) in [7, 11) is -0.914. The molecule has 0 heterocycles. The lowest BCUT2D eigenvalue weighted by Crippen LogP contribution is -2.01. The molecular weight excluding hydrogens is 405 g/mol. The van der Waals surface area contributed by atoms with Crippen LogP contribution in [0.1, 0.15) is 38.8 Å². The molecule has 0 aromatic heterocycles. The standard InChI is InChI=1S/C20H24NO6P.2CH4/c1-21-28(2,26-17-9-3-15(4-10-17)7-13-19(22)23)27-18-11-5-16(6-12-18)8-14-20(24)25;;/h3-6,9-12H,7-8,13-14H2,1-2H3,(H,22,23)(H,24,25);2*1H4. The number of hydrogen-bond acceptors (Lipinski definition) is 5. The minimum absolute atomic E-state index is 0. The maximum Gasteiger partial charge on any atom is 0.310 e. The van der Waals surface area contributed by atoms with Gasteiger partial charge in [0.25, 0.3) is 0 Å². The van der Waals surface area contributed by atoms with Gasteiger partial charge in [0.2, 0.25) is 0 Å². The van der Waals surface area contributed by atoms with Gasteiger partial charge in [0, 0.05) is 26.6 Å². The van der Waals surface area contributed by atoms with Crippen LogP contribution >= 0.6 is 7.51 Å². The zero-order valence-electron chi connectivity index (χ0n) is 15.9. The van der Waals surface area contributed by atoms with Crippen LogP contribution in [0.25, 0.3) is 0 Å². The number of carboxylic acids is 2. The lowest BCUT2D eigenvalue weighted by Gasteiger charge is -2.21. The van der Waals surface area contributed by atoms with Crippen molar-refractivity contribution < 1.29 is 28.8 Å². The van der Waals surface area contributed by atoms with E-state index in [1.54, 1.807) is 38.0 Å². The third-order valence-electron chi connectivity index (χ3n) is 4.01. The highest BCUT2D eigenvalue weighted by Gasteiger charge is 2.17. The molecule has 0 atom stereocenters. The molecule has 0 amide bonds. The van der Waals surface area contributed by atoms with E-state index in [4.69, 9.17) is 19.3 Å². The van der Waals surface area contributed by atoms with Crippen LogP contribution in [0.3, 0.4) is 0 Å². The van der Waals surface area contributed by atoms with Gasteiger partial charge in [-0.1, -0.05) is 39.1 Å². The summed E-state index contributed by atoms with van der Waals surface area (Å²) in [5.74, 6) is -0.464. The normalized spacial score (nSPS) is 10.2. The Balaban J connectivity index is 0.00000420. The molecule has 0 aliphatic carbocycles. The second-order valence-corrected chi connectivity index (χ2v) is 8.63. The van der Waals surface area contributed by atoms with Crippen LogP contribution in [0.5, 0.6) is 11.5 Å². The zero-order chi connectivity index (χ0) is 20.6. The predicted octanol–water partition coefficient (Wildman–Crippen LogP) is 5.74. The summed E-state index contributed by atoms with van der Waals surface area (Å²) >= 11 is 0. The smallest absolute Gasteiger partial charge is 0.310 e. The van der Waals surface area contributed by atoms with Gasteiger partial charge in [-0.25, -0.2) is 4.74 Å². The highest BCUT2D eigenvalue weighted by atomic mass is 31.2. The third-order valence-corrected chi connectivity index (χ3v) is 5.84. The first-order valence-corrected chi connectivity index (χ1v) is 10.8. The van der Waals surface area contributed by atoms with Crippen molar-refractivity contribution in [3.05, 3.63) is 59.7 Å². The second kappa shape index (κ2) is 12.7. The molecule has 8 heteroatoms. The summed E-state index contributed by atoms with van der Waals surface area (Å²) in [6, 6.07) is 14.4. The van der Waals surface area contributed by atoms with Crippen molar-refractivity contribution in [3.63, 3.8) is 0 Å². The largest absolute Gasteiger partial charge is 0.481 e. The van der Waals surface area contributed by atoms with Gasteiger partial charge in [-0.15, -0.1) is 0 Å². The topological polar surface area (TPSA) is 105 Å². The highest BCUT2D eigenvalue weighted by Crippen LogP contribution is 2.47. The number of hydrogen-bond donors (Lipinski definition) is 2. The molecule has 0 radical (unpaired) electrons. The zero-order valence-corrected chi connectivity index (χ0v) is 16.8. The van der Waals surface area contributed by atoms with Crippen molar-refractivity contribution >= 4 is 19.4 Å². The van der Waals surface area contributed by atoms with Gasteiger partial charge in [-0.3, -0.25) is 9.59 Å². The van der Waals surface area contributed by atoms with Gasteiger partial charge in [0.15, 0.2) is 0 Å². The number of aryl methyl sites for hydroxylation is 2. The molecule has 0 saturated heterocycles. The van der Waals surface area contributed by atoms with E-state index in [1.165, 1.54) is 0 Å². The van der Waals surface area contributed by atoms with Gasteiger partial charge < -0.3 is 19.3 Å². The van der Waals surface area contributed by atoms with E-state index in [9.17, 15) is 9.59 Å². The van der Waals surface area contributed by atoms with E-state index in [-0.39, 0.29) is 27.7 Å². The summed E-state index contributed by atoms with van der Waals surface area (Å²) in [5.41, 5.74) is 1.84. The number of carbonyl (C=O) groups is 2. The molecule has 0 unspecified atom stereocenters. The van der Waals surface area contributed by atoms with E-state index in [1.807, 2.05) is 24.3 Å². The van der Waals surface area contributed by atoms with Crippen LogP contribution in [0.15, 0.2) is 53.3 Å². The Bertz CT molecular complexity index is 795.